The third kappa shape index (κ3) is 9.51. The number of fused-ring (bicyclic) bond motifs is 2. The lowest BCUT2D eigenvalue weighted by Gasteiger charge is -2.30. The number of hydrogen-bond donors (Lipinski definition) is 2. The highest BCUT2D eigenvalue weighted by Crippen LogP contribution is 2.27. The average Bonchev–Trinajstić information content (AvgIpc) is 3.82. The van der Waals surface area contributed by atoms with Crippen LogP contribution in [-0.4, -0.2) is 72.2 Å². The number of nitrogens with one attached hydrogen (secondary N) is 2. The summed E-state index contributed by atoms with van der Waals surface area (Å²) < 4.78 is 28.7. The molecule has 2 N–H and O–H groups in total. The number of aromatic nitrogens is 1. The molecule has 13 heteroatoms. The quantitative estimate of drug-likeness (QED) is 0.0918. The number of carbonyl (C=O) groups excluding carboxylic acids is 4. The van der Waals surface area contributed by atoms with E-state index in [1.54, 1.807) is 49.5 Å². The lowest BCUT2D eigenvalue weighted by atomic mass is 9.91. The Morgan fingerprint density at radius 3 is 2.33 bits per heavy atom. The van der Waals surface area contributed by atoms with Gasteiger partial charge in [0.25, 0.3) is 0 Å². The fraction of sp³-hybridized carbons (Fsp3) is 0.273. The Labute approximate surface area is 329 Å². The fourth-order valence-corrected chi connectivity index (χ4v) is 6.84. The number of ether oxygens (including phenoxy) is 4. The number of morpholine rings is 1. The number of para-hydroxylation sites is 2. The maximum absolute atomic E-state index is 14.1. The van der Waals surface area contributed by atoms with Crippen molar-refractivity contribution in [3.8, 4) is 0 Å². The molecule has 4 aromatic carbocycles. The van der Waals surface area contributed by atoms with Gasteiger partial charge in [-0.2, -0.15) is 0 Å². The van der Waals surface area contributed by atoms with Gasteiger partial charge in [-0.15, -0.1) is 0 Å². The van der Waals surface area contributed by atoms with E-state index < -0.39 is 42.4 Å². The first kappa shape index (κ1) is 38.8. The molecule has 0 spiro atoms. The van der Waals surface area contributed by atoms with Crippen molar-refractivity contribution in [3.63, 3.8) is 0 Å². The Bertz CT molecular complexity index is 2320. The lowest BCUT2D eigenvalue weighted by Crippen LogP contribution is -2.58. The molecule has 13 nitrogen and oxygen atoms in total. The number of esters is 1. The van der Waals surface area contributed by atoms with Gasteiger partial charge in [-0.25, -0.2) is 14.4 Å². The summed E-state index contributed by atoms with van der Waals surface area (Å²) in [4.78, 5) is 56.0. The number of furan rings is 1. The Hall–Kier alpha value is -6.44. The molecule has 0 aliphatic carbocycles. The first-order valence-corrected chi connectivity index (χ1v) is 18.8. The summed E-state index contributed by atoms with van der Waals surface area (Å²) >= 11 is 0. The largest absolute Gasteiger partial charge is 0.457 e. The van der Waals surface area contributed by atoms with Crippen LogP contribution in [0.25, 0.3) is 21.9 Å². The number of hydrogen-bond acceptors (Lipinski definition) is 10. The predicted molar refractivity (Wildman–Crippen MR) is 211 cm³/mol. The second kappa shape index (κ2) is 17.6. The van der Waals surface area contributed by atoms with E-state index in [4.69, 9.17) is 23.4 Å². The van der Waals surface area contributed by atoms with E-state index in [-0.39, 0.29) is 13.0 Å². The zero-order valence-corrected chi connectivity index (χ0v) is 31.8. The minimum Gasteiger partial charge on any atom is -0.457 e. The van der Waals surface area contributed by atoms with Crippen LogP contribution >= 0.6 is 0 Å². The van der Waals surface area contributed by atoms with Gasteiger partial charge in [0, 0.05) is 43.0 Å². The SMILES string of the molecule is CC(NC(=O)C(C)(Cc1cn(C(=O)OCOC(=O)c2ccc(CN3CCOCC3)cc2)c2ccccc12)NC(=O)OCc1cc2ccccc2o1)c1ccccc1. The molecule has 1 aliphatic rings. The van der Waals surface area contributed by atoms with Gasteiger partial charge in [-0.05, 0) is 60.9 Å². The summed E-state index contributed by atoms with van der Waals surface area (Å²) in [5, 5.41) is 7.33. The van der Waals surface area contributed by atoms with Crippen molar-refractivity contribution in [1.82, 2.24) is 20.1 Å². The number of rotatable bonds is 13. The molecule has 2 amide bonds. The van der Waals surface area contributed by atoms with Crippen LogP contribution in [0.15, 0.2) is 120 Å². The molecular formula is C44H44N4O9. The molecule has 57 heavy (non-hydrogen) atoms. The number of carbonyl (C=O) groups is 4. The summed E-state index contributed by atoms with van der Waals surface area (Å²) in [6.07, 6.45) is -0.113. The van der Waals surface area contributed by atoms with Crippen molar-refractivity contribution in [1.29, 1.82) is 0 Å². The van der Waals surface area contributed by atoms with Crippen LogP contribution in [0, 0.1) is 0 Å². The predicted octanol–water partition coefficient (Wildman–Crippen LogP) is 7.12. The molecule has 0 radical (unpaired) electrons. The summed E-state index contributed by atoms with van der Waals surface area (Å²) in [7, 11) is 0. The van der Waals surface area contributed by atoms with Crippen LogP contribution in [0.4, 0.5) is 9.59 Å². The molecular weight excluding hydrogens is 729 g/mol. The highest BCUT2D eigenvalue weighted by Gasteiger charge is 2.38. The van der Waals surface area contributed by atoms with Crippen LogP contribution < -0.4 is 10.6 Å². The zero-order valence-electron chi connectivity index (χ0n) is 31.8. The standard InChI is InChI=1S/C44H44N4O9/c1-30(32-10-4-3-5-11-32)45-41(50)44(2,46-42(51)54-28-36-24-34-12-6-9-15-39(34)57-36)25-35-27-48(38-14-8-7-13-37(35)38)43(52)56-29-55-40(49)33-18-16-31(17-19-33)26-47-20-22-53-23-21-47/h3-19,24,27,30H,20-23,25-26,28-29H2,1-2H3,(H,45,50)(H,46,51). The average molecular weight is 773 g/mol. The van der Waals surface area contributed by atoms with E-state index in [0.29, 0.717) is 46.6 Å². The van der Waals surface area contributed by atoms with E-state index in [1.165, 1.54) is 4.57 Å². The van der Waals surface area contributed by atoms with Gasteiger partial charge in [0.2, 0.25) is 12.7 Å². The molecule has 0 saturated carbocycles. The molecule has 294 valence electrons. The minimum absolute atomic E-state index is 0.0304. The summed E-state index contributed by atoms with van der Waals surface area (Å²) in [5.41, 5.74) is 2.43. The minimum atomic E-state index is -1.56. The Balaban J connectivity index is 1.04. The molecule has 1 fully saturated rings. The molecule has 2 atom stereocenters. The van der Waals surface area contributed by atoms with Crippen molar-refractivity contribution >= 4 is 45.9 Å². The Morgan fingerprint density at radius 2 is 1.56 bits per heavy atom. The van der Waals surface area contributed by atoms with E-state index in [0.717, 1.165) is 36.1 Å². The van der Waals surface area contributed by atoms with Gasteiger partial charge in [-0.3, -0.25) is 14.3 Å². The number of amides is 2. The van der Waals surface area contributed by atoms with Gasteiger partial charge in [0.15, 0.2) is 6.61 Å². The third-order valence-corrected chi connectivity index (χ3v) is 9.96. The second-order valence-corrected chi connectivity index (χ2v) is 14.2. The van der Waals surface area contributed by atoms with E-state index in [2.05, 4.69) is 15.5 Å². The van der Waals surface area contributed by atoms with Gasteiger partial charge in [-0.1, -0.05) is 78.9 Å². The smallest absolute Gasteiger partial charge is 0.421 e. The highest BCUT2D eigenvalue weighted by atomic mass is 16.7. The monoisotopic (exact) mass is 772 g/mol. The summed E-state index contributed by atoms with van der Waals surface area (Å²) in [6, 6.07) is 32.5. The second-order valence-electron chi connectivity index (χ2n) is 14.2. The van der Waals surface area contributed by atoms with E-state index in [1.807, 2.05) is 79.7 Å². The van der Waals surface area contributed by atoms with E-state index >= 15 is 0 Å². The maximum Gasteiger partial charge on any atom is 0.421 e. The van der Waals surface area contributed by atoms with Crippen LogP contribution in [0.3, 0.4) is 0 Å². The number of alkyl carbamates (subject to hydrolysis) is 1. The van der Waals surface area contributed by atoms with Crippen LogP contribution in [0.2, 0.25) is 0 Å². The zero-order chi connectivity index (χ0) is 39.8. The molecule has 6 aromatic rings. The van der Waals surface area contributed by atoms with Gasteiger partial charge >= 0.3 is 18.2 Å². The third-order valence-electron chi connectivity index (χ3n) is 9.96. The fourth-order valence-electron chi connectivity index (χ4n) is 6.84. The molecule has 3 heterocycles. The molecule has 2 aromatic heterocycles. The lowest BCUT2D eigenvalue weighted by molar-refractivity contribution is -0.127. The summed E-state index contributed by atoms with van der Waals surface area (Å²) in [5.74, 6) is -0.664. The van der Waals surface area contributed by atoms with Crippen molar-refractivity contribution < 1.29 is 42.5 Å². The van der Waals surface area contributed by atoms with Crippen molar-refractivity contribution in [2.75, 3.05) is 33.1 Å². The van der Waals surface area contributed by atoms with Crippen molar-refractivity contribution in [2.24, 2.45) is 0 Å². The first-order valence-electron chi connectivity index (χ1n) is 18.8. The molecule has 1 saturated heterocycles. The maximum atomic E-state index is 14.1. The highest BCUT2D eigenvalue weighted by molar-refractivity contribution is 5.95. The van der Waals surface area contributed by atoms with Gasteiger partial charge < -0.3 is 34.0 Å². The molecule has 1 aliphatic heterocycles. The Kier molecular flexibility index (Phi) is 12.0. The molecule has 2 unspecified atom stereocenters. The summed E-state index contributed by atoms with van der Waals surface area (Å²) in [6.45, 7) is 6.54. The molecule has 0 bridgehead atoms. The topological polar surface area (TPSA) is 151 Å². The first-order chi connectivity index (χ1) is 27.6. The Morgan fingerprint density at radius 1 is 0.842 bits per heavy atom. The van der Waals surface area contributed by atoms with Crippen LogP contribution in [0.5, 0.6) is 0 Å². The normalized spacial score (nSPS) is 14.7. The van der Waals surface area contributed by atoms with Gasteiger partial charge in [0.05, 0.1) is 30.3 Å². The number of benzene rings is 4. The van der Waals surface area contributed by atoms with Crippen molar-refractivity contribution in [2.45, 2.75) is 45.0 Å². The molecule has 7 rings (SSSR count). The number of nitrogens with zero attached hydrogens (tertiary/aromatic N) is 2. The van der Waals surface area contributed by atoms with Crippen LogP contribution in [-0.2, 0) is 43.3 Å². The van der Waals surface area contributed by atoms with E-state index in [9.17, 15) is 19.2 Å². The van der Waals surface area contributed by atoms with Crippen molar-refractivity contribution in [3.05, 3.63) is 143 Å². The van der Waals surface area contributed by atoms with Crippen LogP contribution in [0.1, 0.15) is 52.7 Å². The van der Waals surface area contributed by atoms with Gasteiger partial charge in [0.1, 0.15) is 16.9 Å².